The van der Waals surface area contributed by atoms with Gasteiger partial charge in [-0.2, -0.15) is 0 Å². The Bertz CT molecular complexity index is 679. The van der Waals surface area contributed by atoms with Crippen LogP contribution in [0, 0.1) is 0 Å². The Morgan fingerprint density at radius 3 is 2.39 bits per heavy atom. The number of benzene rings is 2. The SMILES string of the molecule is CCOC(=O)c1cccc(OCc2ccccc2)c1OC(C)=O. The standard InChI is InChI=1S/C18H18O5/c1-3-21-18(20)15-10-7-11-16(17(15)23-13(2)19)22-12-14-8-5-4-6-9-14/h4-11H,3,12H2,1-2H3. The summed E-state index contributed by atoms with van der Waals surface area (Å²) in [5.41, 5.74) is 1.12. The number of rotatable bonds is 6. The summed E-state index contributed by atoms with van der Waals surface area (Å²) >= 11 is 0. The van der Waals surface area contributed by atoms with E-state index < -0.39 is 11.9 Å². The van der Waals surface area contributed by atoms with Crippen molar-refractivity contribution in [2.45, 2.75) is 20.5 Å². The largest absolute Gasteiger partial charge is 0.485 e. The summed E-state index contributed by atoms with van der Waals surface area (Å²) in [6, 6.07) is 14.4. The highest BCUT2D eigenvalue weighted by atomic mass is 16.6. The molecule has 2 aromatic rings. The van der Waals surface area contributed by atoms with E-state index >= 15 is 0 Å². The second-order valence-electron chi connectivity index (χ2n) is 4.72. The molecule has 5 heteroatoms. The van der Waals surface area contributed by atoms with E-state index in [4.69, 9.17) is 14.2 Å². The van der Waals surface area contributed by atoms with Crippen LogP contribution in [0.3, 0.4) is 0 Å². The van der Waals surface area contributed by atoms with Gasteiger partial charge in [-0.15, -0.1) is 0 Å². The van der Waals surface area contributed by atoms with Gasteiger partial charge in [-0.25, -0.2) is 4.79 Å². The molecule has 23 heavy (non-hydrogen) atoms. The summed E-state index contributed by atoms with van der Waals surface area (Å²) in [4.78, 5) is 23.3. The maximum Gasteiger partial charge on any atom is 0.342 e. The van der Waals surface area contributed by atoms with Gasteiger partial charge < -0.3 is 14.2 Å². The first-order valence-electron chi connectivity index (χ1n) is 7.27. The molecule has 2 aromatic carbocycles. The third-order valence-electron chi connectivity index (χ3n) is 2.96. The molecule has 0 aliphatic rings. The molecule has 0 saturated heterocycles. The van der Waals surface area contributed by atoms with Crippen LogP contribution in [0.2, 0.25) is 0 Å². The summed E-state index contributed by atoms with van der Waals surface area (Å²) in [7, 11) is 0. The van der Waals surface area contributed by atoms with E-state index in [0.29, 0.717) is 12.4 Å². The molecule has 0 aliphatic carbocycles. The molecule has 2 rings (SSSR count). The highest BCUT2D eigenvalue weighted by molar-refractivity contribution is 5.94. The van der Waals surface area contributed by atoms with Crippen LogP contribution < -0.4 is 9.47 Å². The van der Waals surface area contributed by atoms with Crippen molar-refractivity contribution >= 4 is 11.9 Å². The first kappa shape index (κ1) is 16.5. The molecule has 0 heterocycles. The molecule has 0 fully saturated rings. The molecule has 0 spiro atoms. The van der Waals surface area contributed by atoms with Gasteiger partial charge in [0.1, 0.15) is 12.2 Å². The smallest absolute Gasteiger partial charge is 0.342 e. The van der Waals surface area contributed by atoms with Crippen molar-refractivity contribution in [2.75, 3.05) is 6.61 Å². The van der Waals surface area contributed by atoms with Crippen molar-refractivity contribution in [2.24, 2.45) is 0 Å². The van der Waals surface area contributed by atoms with Crippen molar-refractivity contribution in [1.82, 2.24) is 0 Å². The van der Waals surface area contributed by atoms with Crippen LogP contribution in [0.1, 0.15) is 29.8 Å². The third kappa shape index (κ3) is 4.57. The lowest BCUT2D eigenvalue weighted by Crippen LogP contribution is -2.12. The van der Waals surface area contributed by atoms with Crippen LogP contribution in [0.15, 0.2) is 48.5 Å². The van der Waals surface area contributed by atoms with Gasteiger partial charge in [0.25, 0.3) is 0 Å². The molecular weight excluding hydrogens is 296 g/mol. The average molecular weight is 314 g/mol. The predicted octanol–water partition coefficient (Wildman–Crippen LogP) is 3.37. The normalized spacial score (nSPS) is 10.0. The minimum absolute atomic E-state index is 0.0781. The quantitative estimate of drug-likeness (QED) is 0.604. The highest BCUT2D eigenvalue weighted by Gasteiger charge is 2.20. The average Bonchev–Trinajstić information content (AvgIpc) is 2.54. The van der Waals surface area contributed by atoms with Gasteiger partial charge in [0.2, 0.25) is 0 Å². The zero-order chi connectivity index (χ0) is 16.7. The molecule has 5 nitrogen and oxygen atoms in total. The number of esters is 2. The van der Waals surface area contributed by atoms with Crippen molar-refractivity contribution in [3.05, 3.63) is 59.7 Å². The minimum atomic E-state index is -0.561. The zero-order valence-corrected chi connectivity index (χ0v) is 13.1. The van der Waals surface area contributed by atoms with Gasteiger partial charge in [-0.05, 0) is 24.6 Å². The van der Waals surface area contributed by atoms with Crippen LogP contribution in [0.25, 0.3) is 0 Å². The fraction of sp³-hybridized carbons (Fsp3) is 0.222. The lowest BCUT2D eigenvalue weighted by molar-refractivity contribution is -0.132. The molecule has 0 bridgehead atoms. The Kier molecular flexibility index (Phi) is 5.74. The Labute approximate surface area is 134 Å². The van der Waals surface area contributed by atoms with Gasteiger partial charge in [-0.3, -0.25) is 4.79 Å². The highest BCUT2D eigenvalue weighted by Crippen LogP contribution is 2.32. The van der Waals surface area contributed by atoms with Crippen LogP contribution in [-0.4, -0.2) is 18.5 Å². The lowest BCUT2D eigenvalue weighted by Gasteiger charge is -2.14. The van der Waals surface area contributed by atoms with Gasteiger partial charge in [0.15, 0.2) is 11.5 Å². The van der Waals surface area contributed by atoms with Crippen molar-refractivity contribution in [1.29, 1.82) is 0 Å². The number of hydrogen-bond acceptors (Lipinski definition) is 5. The number of carbonyl (C=O) groups is 2. The number of hydrogen-bond donors (Lipinski definition) is 0. The second kappa shape index (κ2) is 7.98. The fourth-order valence-corrected chi connectivity index (χ4v) is 1.98. The zero-order valence-electron chi connectivity index (χ0n) is 13.1. The molecule has 0 amide bonds. The van der Waals surface area contributed by atoms with E-state index in [1.54, 1.807) is 19.1 Å². The van der Waals surface area contributed by atoms with Gasteiger partial charge in [0.05, 0.1) is 6.61 Å². The van der Waals surface area contributed by atoms with Crippen LogP contribution >= 0.6 is 0 Å². The third-order valence-corrected chi connectivity index (χ3v) is 2.96. The molecule has 0 N–H and O–H groups in total. The number of para-hydroxylation sites is 1. The van der Waals surface area contributed by atoms with Crippen molar-refractivity contribution < 1.29 is 23.8 Å². The van der Waals surface area contributed by atoms with Gasteiger partial charge in [-0.1, -0.05) is 36.4 Å². The Morgan fingerprint density at radius 2 is 1.74 bits per heavy atom. The summed E-state index contributed by atoms with van der Waals surface area (Å²) in [5, 5.41) is 0. The predicted molar refractivity (Wildman–Crippen MR) is 84.5 cm³/mol. The Morgan fingerprint density at radius 1 is 1.00 bits per heavy atom. The molecule has 0 aromatic heterocycles. The number of carbonyl (C=O) groups excluding carboxylic acids is 2. The first-order chi connectivity index (χ1) is 11.1. The molecule has 0 aliphatic heterocycles. The molecular formula is C18H18O5. The topological polar surface area (TPSA) is 61.8 Å². The van der Waals surface area contributed by atoms with E-state index in [-0.39, 0.29) is 17.9 Å². The Balaban J connectivity index is 2.28. The van der Waals surface area contributed by atoms with E-state index in [0.717, 1.165) is 5.56 Å². The molecule has 120 valence electrons. The van der Waals surface area contributed by atoms with E-state index in [2.05, 4.69) is 0 Å². The second-order valence-corrected chi connectivity index (χ2v) is 4.72. The van der Waals surface area contributed by atoms with Crippen molar-refractivity contribution in [3.63, 3.8) is 0 Å². The summed E-state index contributed by atoms with van der Waals surface area (Å²) < 4.78 is 15.9. The summed E-state index contributed by atoms with van der Waals surface area (Å²) in [6.45, 7) is 3.50. The lowest BCUT2D eigenvalue weighted by atomic mass is 10.2. The van der Waals surface area contributed by atoms with E-state index in [1.807, 2.05) is 30.3 Å². The van der Waals surface area contributed by atoms with E-state index in [1.165, 1.54) is 13.0 Å². The van der Waals surface area contributed by atoms with Crippen LogP contribution in [0.5, 0.6) is 11.5 Å². The minimum Gasteiger partial charge on any atom is -0.485 e. The summed E-state index contributed by atoms with van der Waals surface area (Å²) in [6.07, 6.45) is 0. The molecule has 0 atom stereocenters. The van der Waals surface area contributed by atoms with Gasteiger partial charge >= 0.3 is 11.9 Å². The van der Waals surface area contributed by atoms with Gasteiger partial charge in [0, 0.05) is 6.92 Å². The first-order valence-corrected chi connectivity index (χ1v) is 7.27. The molecule has 0 radical (unpaired) electrons. The van der Waals surface area contributed by atoms with Crippen LogP contribution in [-0.2, 0) is 16.1 Å². The number of ether oxygens (including phenoxy) is 3. The van der Waals surface area contributed by atoms with Crippen LogP contribution in [0.4, 0.5) is 0 Å². The molecule has 0 unspecified atom stereocenters. The maximum atomic E-state index is 12.0. The molecule has 0 saturated carbocycles. The fourth-order valence-electron chi connectivity index (χ4n) is 1.98. The van der Waals surface area contributed by atoms with Crippen molar-refractivity contribution in [3.8, 4) is 11.5 Å². The monoisotopic (exact) mass is 314 g/mol. The Hall–Kier alpha value is -2.82. The maximum absolute atomic E-state index is 12.0. The van der Waals surface area contributed by atoms with E-state index in [9.17, 15) is 9.59 Å². The summed E-state index contributed by atoms with van der Waals surface area (Å²) in [5.74, 6) is -0.704.